The number of aliphatic hydroxyl groups excluding tert-OH is 1. The number of aliphatic hydroxyl groups is 1. The topological polar surface area (TPSA) is 78.4 Å². The lowest BCUT2D eigenvalue weighted by Gasteiger charge is -2.31. The van der Waals surface area contributed by atoms with E-state index >= 15 is 0 Å². The van der Waals surface area contributed by atoms with Crippen LogP contribution in [0.1, 0.15) is 40.0 Å². The Bertz CT molecular complexity index is 846. The second-order valence-corrected chi connectivity index (χ2v) is 7.00. The van der Waals surface area contributed by atoms with Gasteiger partial charge in [-0.3, -0.25) is 4.79 Å². The van der Waals surface area contributed by atoms with Gasteiger partial charge in [0.25, 0.3) is 5.91 Å². The lowest BCUT2D eigenvalue weighted by Crippen LogP contribution is -2.38. The number of carbonyl (C=O) groups is 1. The number of carbonyl (C=O) groups excluding carboxylic acids is 1. The Labute approximate surface area is 153 Å². The highest BCUT2D eigenvalue weighted by Gasteiger charge is 2.25. The molecular weight excluding hydrogens is 328 g/mol. The molecule has 0 radical (unpaired) electrons. The summed E-state index contributed by atoms with van der Waals surface area (Å²) in [6.45, 7) is 4.20. The zero-order valence-corrected chi connectivity index (χ0v) is 15.1. The van der Waals surface area contributed by atoms with Crippen molar-refractivity contribution in [1.29, 1.82) is 0 Å². The molecule has 1 aliphatic carbocycles. The molecular formula is C20H24N4O2. The number of aromatic nitrogens is 2. The summed E-state index contributed by atoms with van der Waals surface area (Å²) in [5.74, 6) is 0.687. The van der Waals surface area contributed by atoms with Crippen molar-refractivity contribution >= 4 is 11.9 Å². The van der Waals surface area contributed by atoms with Crippen LogP contribution in [-0.2, 0) is 12.8 Å². The van der Waals surface area contributed by atoms with Gasteiger partial charge in [-0.05, 0) is 50.3 Å². The number of amides is 1. The van der Waals surface area contributed by atoms with Crippen molar-refractivity contribution in [3.05, 3.63) is 40.6 Å². The average Bonchev–Trinajstić information content (AvgIpc) is 3.06. The molecule has 26 heavy (non-hydrogen) atoms. The van der Waals surface area contributed by atoms with Gasteiger partial charge in [0, 0.05) is 42.0 Å². The Morgan fingerprint density at radius 3 is 2.77 bits per heavy atom. The number of benzene rings is 1. The summed E-state index contributed by atoms with van der Waals surface area (Å²) in [7, 11) is 0. The van der Waals surface area contributed by atoms with Gasteiger partial charge in [0.2, 0.25) is 5.95 Å². The molecule has 4 rings (SSSR count). The molecule has 0 bridgehead atoms. The number of hydrogen-bond acceptors (Lipinski definition) is 5. The molecule has 1 aromatic carbocycles. The molecule has 1 fully saturated rings. The van der Waals surface area contributed by atoms with Crippen LogP contribution in [0.15, 0.2) is 18.2 Å². The van der Waals surface area contributed by atoms with Gasteiger partial charge < -0.3 is 15.3 Å². The van der Waals surface area contributed by atoms with Gasteiger partial charge in [0.15, 0.2) is 0 Å². The predicted molar refractivity (Wildman–Crippen MR) is 100 cm³/mol. The molecule has 1 aromatic heterocycles. The normalized spacial score (nSPS) is 15.5. The van der Waals surface area contributed by atoms with Gasteiger partial charge in [-0.25, -0.2) is 9.97 Å². The van der Waals surface area contributed by atoms with E-state index in [1.165, 1.54) is 17.7 Å². The Morgan fingerprint density at radius 2 is 2.08 bits per heavy atom. The van der Waals surface area contributed by atoms with Gasteiger partial charge in [0.05, 0.1) is 12.3 Å². The smallest absolute Gasteiger partial charge is 0.251 e. The minimum atomic E-state index is -0.155. The monoisotopic (exact) mass is 352 g/mol. The van der Waals surface area contributed by atoms with Crippen LogP contribution in [0.25, 0.3) is 11.3 Å². The third-order valence-corrected chi connectivity index (χ3v) is 5.20. The summed E-state index contributed by atoms with van der Waals surface area (Å²) in [6, 6.07) is 5.86. The van der Waals surface area contributed by atoms with Crippen molar-refractivity contribution in [3.63, 3.8) is 0 Å². The van der Waals surface area contributed by atoms with E-state index in [2.05, 4.69) is 10.2 Å². The van der Waals surface area contributed by atoms with Crippen LogP contribution in [-0.4, -0.2) is 47.2 Å². The lowest BCUT2D eigenvalue weighted by atomic mass is 9.99. The molecule has 6 heteroatoms. The van der Waals surface area contributed by atoms with Gasteiger partial charge in [-0.1, -0.05) is 6.07 Å². The molecule has 2 aromatic rings. The maximum absolute atomic E-state index is 12.2. The number of aryl methyl sites for hydroxylation is 2. The van der Waals surface area contributed by atoms with Crippen molar-refractivity contribution in [2.24, 2.45) is 0 Å². The van der Waals surface area contributed by atoms with E-state index in [9.17, 15) is 4.79 Å². The zero-order valence-electron chi connectivity index (χ0n) is 15.1. The summed E-state index contributed by atoms with van der Waals surface area (Å²) in [5, 5.41) is 11.6. The summed E-state index contributed by atoms with van der Waals surface area (Å²) >= 11 is 0. The summed E-state index contributed by atoms with van der Waals surface area (Å²) in [6.07, 6.45) is 4.36. The first kappa shape index (κ1) is 17.0. The van der Waals surface area contributed by atoms with Crippen LogP contribution in [0.4, 0.5) is 5.95 Å². The molecule has 2 aliphatic rings. The third-order valence-electron chi connectivity index (χ3n) is 5.20. The van der Waals surface area contributed by atoms with E-state index in [0.717, 1.165) is 55.1 Å². The summed E-state index contributed by atoms with van der Waals surface area (Å²) in [5.41, 5.74) is 6.04. The van der Waals surface area contributed by atoms with Gasteiger partial charge >= 0.3 is 0 Å². The predicted octanol–water partition coefficient (Wildman–Crippen LogP) is 1.87. The van der Waals surface area contributed by atoms with Gasteiger partial charge in [-0.2, -0.15) is 0 Å². The molecule has 1 aliphatic heterocycles. The first-order valence-electron chi connectivity index (χ1n) is 9.32. The lowest BCUT2D eigenvalue weighted by molar-refractivity contribution is 0.0944. The molecule has 1 amide bonds. The van der Waals surface area contributed by atoms with Crippen LogP contribution < -0.4 is 10.2 Å². The minimum absolute atomic E-state index is 0.0603. The molecule has 6 nitrogen and oxygen atoms in total. The zero-order chi connectivity index (χ0) is 18.1. The highest BCUT2D eigenvalue weighted by Crippen LogP contribution is 2.33. The van der Waals surface area contributed by atoms with E-state index < -0.39 is 0 Å². The van der Waals surface area contributed by atoms with Gasteiger partial charge in [0.1, 0.15) is 0 Å². The Hall–Kier alpha value is -2.47. The number of hydrogen-bond donors (Lipinski definition) is 2. The van der Waals surface area contributed by atoms with Crippen LogP contribution in [0, 0.1) is 6.92 Å². The molecule has 2 N–H and O–H groups in total. The minimum Gasteiger partial charge on any atom is -0.395 e. The third kappa shape index (κ3) is 3.05. The molecule has 0 spiro atoms. The average molecular weight is 352 g/mol. The quantitative estimate of drug-likeness (QED) is 0.859. The first-order valence-corrected chi connectivity index (χ1v) is 9.32. The number of fused-ring (bicyclic) bond motifs is 1. The highest BCUT2D eigenvalue weighted by molar-refractivity contribution is 5.96. The Morgan fingerprint density at radius 1 is 1.23 bits per heavy atom. The molecule has 1 saturated heterocycles. The van der Waals surface area contributed by atoms with Crippen LogP contribution in [0.5, 0.6) is 0 Å². The second kappa shape index (κ2) is 7.03. The largest absolute Gasteiger partial charge is 0.395 e. The van der Waals surface area contributed by atoms with Crippen LogP contribution in [0.3, 0.4) is 0 Å². The van der Waals surface area contributed by atoms with Crippen molar-refractivity contribution in [2.45, 2.75) is 32.6 Å². The fourth-order valence-electron chi connectivity index (χ4n) is 3.65. The van der Waals surface area contributed by atoms with Crippen molar-refractivity contribution < 1.29 is 9.90 Å². The van der Waals surface area contributed by atoms with Gasteiger partial charge in [-0.15, -0.1) is 0 Å². The summed E-state index contributed by atoms with van der Waals surface area (Å²) < 4.78 is 0. The van der Waals surface area contributed by atoms with Crippen molar-refractivity contribution in [3.8, 4) is 11.3 Å². The second-order valence-electron chi connectivity index (χ2n) is 7.00. The van der Waals surface area contributed by atoms with E-state index in [4.69, 9.17) is 15.1 Å². The molecule has 0 saturated carbocycles. The maximum Gasteiger partial charge on any atom is 0.251 e. The Balaban J connectivity index is 1.70. The van der Waals surface area contributed by atoms with E-state index in [1.807, 2.05) is 25.1 Å². The molecule has 0 atom stereocenters. The van der Waals surface area contributed by atoms with E-state index in [1.54, 1.807) is 0 Å². The Kier molecular flexibility index (Phi) is 4.59. The molecule has 0 unspecified atom stereocenters. The summed E-state index contributed by atoms with van der Waals surface area (Å²) in [4.78, 5) is 24.1. The highest BCUT2D eigenvalue weighted by atomic mass is 16.3. The van der Waals surface area contributed by atoms with Crippen LogP contribution >= 0.6 is 0 Å². The molecule has 2 heterocycles. The molecule has 136 valence electrons. The van der Waals surface area contributed by atoms with E-state index in [0.29, 0.717) is 5.56 Å². The number of nitrogens with zero attached hydrogens (tertiary/aromatic N) is 3. The standard InChI is InChI=1S/C20H24N4O2/c1-13-12-14(6-7-15(13)19(26)21-8-11-25)18-16-4-2-5-17(16)22-20(23-18)24-9-3-10-24/h6-7,12,25H,2-5,8-11H2,1H3,(H,21,26). The maximum atomic E-state index is 12.2. The fourth-order valence-corrected chi connectivity index (χ4v) is 3.65. The SMILES string of the molecule is Cc1cc(-c2nc(N3CCC3)nc3c2CCC3)ccc1C(=O)NCCO. The number of nitrogens with one attached hydrogen (secondary N) is 1. The number of anilines is 1. The number of rotatable bonds is 5. The first-order chi connectivity index (χ1) is 12.7. The van der Waals surface area contributed by atoms with Crippen molar-refractivity contribution in [2.75, 3.05) is 31.1 Å². The van der Waals surface area contributed by atoms with Crippen molar-refractivity contribution in [1.82, 2.24) is 15.3 Å². The van der Waals surface area contributed by atoms with E-state index in [-0.39, 0.29) is 19.1 Å². The van der Waals surface area contributed by atoms with Crippen LogP contribution in [0.2, 0.25) is 0 Å². The fraction of sp³-hybridized carbons (Fsp3) is 0.450.